The van der Waals surface area contributed by atoms with E-state index in [4.69, 9.17) is 4.74 Å². The molecule has 0 aliphatic rings. The summed E-state index contributed by atoms with van der Waals surface area (Å²) in [6.07, 6.45) is 0. The first-order valence-corrected chi connectivity index (χ1v) is 10.0. The average Bonchev–Trinajstić information content (AvgIpc) is 2.70. The molecular formula is C21H20N2O4S. The highest BCUT2D eigenvalue weighted by atomic mass is 32.2. The molecule has 0 bridgehead atoms. The maximum Gasteiger partial charge on any atom is 0.261 e. The van der Waals surface area contributed by atoms with E-state index in [0.29, 0.717) is 11.4 Å². The van der Waals surface area contributed by atoms with Gasteiger partial charge in [-0.3, -0.25) is 9.52 Å². The van der Waals surface area contributed by atoms with Gasteiger partial charge in [-0.05, 0) is 55.5 Å². The summed E-state index contributed by atoms with van der Waals surface area (Å²) in [5.41, 5.74) is 2.12. The zero-order valence-corrected chi connectivity index (χ0v) is 16.3. The Morgan fingerprint density at radius 2 is 1.54 bits per heavy atom. The highest BCUT2D eigenvalue weighted by Crippen LogP contribution is 2.23. The number of rotatable bonds is 6. The van der Waals surface area contributed by atoms with E-state index in [1.807, 2.05) is 19.1 Å². The molecule has 0 aliphatic carbocycles. The lowest BCUT2D eigenvalue weighted by Crippen LogP contribution is -2.18. The Labute approximate surface area is 164 Å². The highest BCUT2D eigenvalue weighted by Gasteiger charge is 2.18. The van der Waals surface area contributed by atoms with Crippen molar-refractivity contribution < 1.29 is 17.9 Å². The Morgan fingerprint density at radius 3 is 2.18 bits per heavy atom. The minimum absolute atomic E-state index is 0.0713. The number of anilines is 2. The van der Waals surface area contributed by atoms with Gasteiger partial charge in [0, 0.05) is 5.69 Å². The monoisotopic (exact) mass is 396 g/mol. The molecule has 0 spiro atoms. The van der Waals surface area contributed by atoms with Crippen LogP contribution in [0.25, 0.3) is 0 Å². The maximum atomic E-state index is 12.7. The first-order valence-electron chi connectivity index (χ1n) is 8.53. The number of methoxy groups -OCH3 is 1. The maximum absolute atomic E-state index is 12.7. The Balaban J connectivity index is 1.84. The summed E-state index contributed by atoms with van der Waals surface area (Å²) in [5, 5.41) is 2.78. The van der Waals surface area contributed by atoms with Crippen molar-refractivity contribution in [3.63, 3.8) is 0 Å². The number of sulfonamides is 1. The molecule has 0 atom stereocenters. The van der Waals surface area contributed by atoms with Crippen molar-refractivity contribution in [2.45, 2.75) is 11.8 Å². The van der Waals surface area contributed by atoms with Crippen molar-refractivity contribution in [3.05, 3.63) is 83.9 Å². The second-order valence-corrected chi connectivity index (χ2v) is 7.83. The lowest BCUT2D eigenvalue weighted by atomic mass is 10.1. The molecule has 3 rings (SSSR count). The highest BCUT2D eigenvalue weighted by molar-refractivity contribution is 7.92. The normalized spacial score (nSPS) is 10.9. The number of carbonyl (C=O) groups is 1. The van der Waals surface area contributed by atoms with Crippen LogP contribution in [-0.4, -0.2) is 21.4 Å². The molecule has 3 aromatic rings. The lowest BCUT2D eigenvalue weighted by molar-refractivity contribution is 0.102. The quantitative estimate of drug-likeness (QED) is 0.658. The molecule has 2 N–H and O–H groups in total. The van der Waals surface area contributed by atoms with Crippen molar-refractivity contribution in [1.29, 1.82) is 0 Å². The fourth-order valence-corrected chi connectivity index (χ4v) is 3.64. The number of nitrogens with one attached hydrogen (secondary N) is 2. The summed E-state index contributed by atoms with van der Waals surface area (Å²) in [6.45, 7) is 1.95. The van der Waals surface area contributed by atoms with E-state index in [2.05, 4.69) is 10.0 Å². The van der Waals surface area contributed by atoms with Crippen molar-refractivity contribution >= 4 is 27.3 Å². The predicted octanol–water partition coefficient (Wildman–Crippen LogP) is 4.06. The van der Waals surface area contributed by atoms with Crippen molar-refractivity contribution in [3.8, 4) is 5.75 Å². The van der Waals surface area contributed by atoms with E-state index >= 15 is 0 Å². The number of hydrogen-bond acceptors (Lipinski definition) is 4. The number of hydrogen-bond donors (Lipinski definition) is 2. The Hall–Kier alpha value is -3.32. The molecule has 0 aromatic heterocycles. The van der Waals surface area contributed by atoms with Crippen LogP contribution < -0.4 is 14.8 Å². The Kier molecular flexibility index (Phi) is 5.65. The molecule has 7 heteroatoms. The van der Waals surface area contributed by atoms with E-state index in [0.717, 1.165) is 5.56 Å². The Morgan fingerprint density at radius 1 is 0.893 bits per heavy atom. The van der Waals surface area contributed by atoms with Crippen LogP contribution in [-0.2, 0) is 10.0 Å². The first-order chi connectivity index (χ1) is 13.4. The van der Waals surface area contributed by atoms with E-state index < -0.39 is 15.9 Å². The van der Waals surface area contributed by atoms with Gasteiger partial charge in [0.2, 0.25) is 0 Å². The molecule has 0 radical (unpaired) electrons. The number of para-hydroxylation sites is 1. The van der Waals surface area contributed by atoms with Gasteiger partial charge in [-0.25, -0.2) is 8.42 Å². The molecule has 28 heavy (non-hydrogen) atoms. The molecule has 3 aromatic carbocycles. The van der Waals surface area contributed by atoms with Crippen molar-refractivity contribution in [2.75, 3.05) is 17.1 Å². The first kappa shape index (κ1) is 19.4. The summed E-state index contributed by atoms with van der Waals surface area (Å²) in [6, 6.07) is 19.8. The van der Waals surface area contributed by atoms with Gasteiger partial charge in [0.15, 0.2) is 0 Å². The van der Waals surface area contributed by atoms with E-state index in [-0.39, 0.29) is 16.1 Å². The van der Waals surface area contributed by atoms with Crippen LogP contribution in [0.15, 0.2) is 77.7 Å². The van der Waals surface area contributed by atoms with Crippen molar-refractivity contribution in [1.82, 2.24) is 0 Å². The largest absolute Gasteiger partial charge is 0.497 e. The third-order valence-electron chi connectivity index (χ3n) is 4.10. The van der Waals surface area contributed by atoms with Crippen LogP contribution >= 0.6 is 0 Å². The van der Waals surface area contributed by atoms with Gasteiger partial charge in [-0.15, -0.1) is 0 Å². The van der Waals surface area contributed by atoms with Crippen LogP contribution in [0.5, 0.6) is 5.75 Å². The predicted molar refractivity (Wildman–Crippen MR) is 109 cm³/mol. The molecule has 0 heterocycles. The zero-order valence-electron chi connectivity index (χ0n) is 15.5. The fraction of sp³-hybridized carbons (Fsp3) is 0.0952. The van der Waals surface area contributed by atoms with Gasteiger partial charge in [0.25, 0.3) is 15.9 Å². The zero-order chi connectivity index (χ0) is 20.1. The van der Waals surface area contributed by atoms with Crippen LogP contribution in [0.1, 0.15) is 15.9 Å². The van der Waals surface area contributed by atoms with Crippen LogP contribution in [0.2, 0.25) is 0 Å². The van der Waals surface area contributed by atoms with Crippen LogP contribution in [0.4, 0.5) is 11.4 Å². The lowest BCUT2D eigenvalue weighted by Gasteiger charge is -2.13. The third-order valence-corrected chi connectivity index (χ3v) is 5.48. The third kappa shape index (κ3) is 4.50. The number of benzene rings is 3. The van der Waals surface area contributed by atoms with E-state index in [1.54, 1.807) is 48.5 Å². The standard InChI is InChI=1S/C21H20N2O4S/c1-15-7-9-16(10-8-15)22-21(24)19-5-3-4-6-20(19)23-28(25,26)18-13-11-17(27-2)12-14-18/h3-14,23H,1-2H3,(H,22,24). The second kappa shape index (κ2) is 8.14. The molecule has 0 saturated carbocycles. The molecule has 6 nitrogen and oxygen atoms in total. The second-order valence-electron chi connectivity index (χ2n) is 6.15. The van der Waals surface area contributed by atoms with Gasteiger partial charge >= 0.3 is 0 Å². The summed E-state index contributed by atoms with van der Waals surface area (Å²) < 4.78 is 32.9. The van der Waals surface area contributed by atoms with E-state index in [1.165, 1.54) is 19.2 Å². The molecule has 0 aliphatic heterocycles. The van der Waals surface area contributed by atoms with Gasteiger partial charge in [-0.2, -0.15) is 0 Å². The number of aryl methyl sites for hydroxylation is 1. The summed E-state index contributed by atoms with van der Waals surface area (Å²) in [5.74, 6) is 0.147. The van der Waals surface area contributed by atoms with Crippen LogP contribution in [0, 0.1) is 6.92 Å². The fourth-order valence-electron chi connectivity index (χ4n) is 2.56. The van der Waals surface area contributed by atoms with Gasteiger partial charge in [0.05, 0.1) is 23.3 Å². The SMILES string of the molecule is COc1ccc(S(=O)(=O)Nc2ccccc2C(=O)Nc2ccc(C)cc2)cc1. The minimum Gasteiger partial charge on any atom is -0.497 e. The number of ether oxygens (including phenoxy) is 1. The minimum atomic E-state index is -3.86. The number of carbonyl (C=O) groups excluding carboxylic acids is 1. The van der Waals surface area contributed by atoms with Crippen LogP contribution in [0.3, 0.4) is 0 Å². The molecular weight excluding hydrogens is 376 g/mol. The number of amides is 1. The van der Waals surface area contributed by atoms with Gasteiger partial charge in [0.1, 0.15) is 5.75 Å². The molecule has 0 fully saturated rings. The summed E-state index contributed by atoms with van der Waals surface area (Å²) >= 11 is 0. The topological polar surface area (TPSA) is 84.5 Å². The van der Waals surface area contributed by atoms with E-state index in [9.17, 15) is 13.2 Å². The van der Waals surface area contributed by atoms with Gasteiger partial charge < -0.3 is 10.1 Å². The molecule has 0 unspecified atom stereocenters. The molecule has 1 amide bonds. The Bertz CT molecular complexity index is 1080. The van der Waals surface area contributed by atoms with Crippen molar-refractivity contribution in [2.24, 2.45) is 0 Å². The summed E-state index contributed by atoms with van der Waals surface area (Å²) in [7, 11) is -2.35. The molecule has 0 saturated heterocycles. The van der Waals surface area contributed by atoms with Gasteiger partial charge in [-0.1, -0.05) is 29.8 Å². The summed E-state index contributed by atoms with van der Waals surface area (Å²) in [4.78, 5) is 12.7. The average molecular weight is 396 g/mol. The molecule has 144 valence electrons. The smallest absolute Gasteiger partial charge is 0.261 e.